The van der Waals surface area contributed by atoms with Crippen LogP contribution in [0, 0.1) is 0 Å². The van der Waals surface area contributed by atoms with E-state index in [0.717, 1.165) is 36.5 Å². The molecule has 1 heterocycles. The molecule has 0 aromatic heterocycles. The highest BCUT2D eigenvalue weighted by Gasteiger charge is 2.31. The number of halogens is 3. The zero-order valence-corrected chi connectivity index (χ0v) is 12.7. The Hall–Kier alpha value is -1.29. The minimum Gasteiger partial charge on any atom is -0.300 e. The highest BCUT2D eigenvalue weighted by atomic mass is 19.4. The van der Waals surface area contributed by atoms with E-state index in [-0.39, 0.29) is 0 Å². The van der Waals surface area contributed by atoms with E-state index in [1.807, 2.05) is 0 Å². The summed E-state index contributed by atoms with van der Waals surface area (Å²) in [6.45, 7) is 2.36. The Morgan fingerprint density at radius 1 is 1.05 bits per heavy atom. The summed E-state index contributed by atoms with van der Waals surface area (Å²) >= 11 is 0. The summed E-state index contributed by atoms with van der Waals surface area (Å²) in [7, 11) is 0. The topological polar surface area (TPSA) is 3.24 Å². The number of hydrogen-bond acceptors (Lipinski definition) is 1. The van der Waals surface area contributed by atoms with Gasteiger partial charge in [0.25, 0.3) is 0 Å². The van der Waals surface area contributed by atoms with Crippen LogP contribution in [0.2, 0.25) is 0 Å². The fraction of sp³-hybridized carbons (Fsp3) is 0.556. The number of likely N-dealkylation sites (tertiary alicyclic amines) is 1. The van der Waals surface area contributed by atoms with Crippen molar-refractivity contribution >= 4 is 5.57 Å². The van der Waals surface area contributed by atoms with Crippen LogP contribution in [-0.4, -0.2) is 24.0 Å². The molecule has 1 atom stereocenters. The Morgan fingerprint density at radius 2 is 1.82 bits per heavy atom. The van der Waals surface area contributed by atoms with Gasteiger partial charge >= 0.3 is 6.18 Å². The maximum absolute atomic E-state index is 12.8. The molecule has 120 valence electrons. The van der Waals surface area contributed by atoms with Gasteiger partial charge in [-0.3, -0.25) is 0 Å². The molecule has 22 heavy (non-hydrogen) atoms. The van der Waals surface area contributed by atoms with Crippen LogP contribution in [0.25, 0.3) is 5.57 Å². The first-order valence-electron chi connectivity index (χ1n) is 8.15. The molecule has 1 aliphatic carbocycles. The van der Waals surface area contributed by atoms with Gasteiger partial charge in [0, 0.05) is 6.04 Å². The van der Waals surface area contributed by atoms with Gasteiger partial charge < -0.3 is 4.90 Å². The van der Waals surface area contributed by atoms with E-state index in [0.29, 0.717) is 6.04 Å². The largest absolute Gasteiger partial charge is 0.416 e. The molecule has 0 bridgehead atoms. The number of allylic oxidation sites excluding steroid dienone is 1. The van der Waals surface area contributed by atoms with E-state index >= 15 is 0 Å². The van der Waals surface area contributed by atoms with Crippen LogP contribution in [0.3, 0.4) is 0 Å². The van der Waals surface area contributed by atoms with Crippen LogP contribution in [0.1, 0.15) is 49.7 Å². The first-order chi connectivity index (χ1) is 10.5. The van der Waals surface area contributed by atoms with Crippen LogP contribution in [0.15, 0.2) is 30.3 Å². The second-order valence-electron chi connectivity index (χ2n) is 6.33. The lowest BCUT2D eigenvalue weighted by atomic mass is 9.88. The monoisotopic (exact) mass is 309 g/mol. The van der Waals surface area contributed by atoms with Gasteiger partial charge in [0.2, 0.25) is 0 Å². The summed E-state index contributed by atoms with van der Waals surface area (Å²) in [6, 6.07) is 6.31. The van der Waals surface area contributed by atoms with E-state index in [4.69, 9.17) is 0 Å². The predicted octanol–water partition coefficient (Wildman–Crippen LogP) is 5.13. The smallest absolute Gasteiger partial charge is 0.300 e. The minimum absolute atomic E-state index is 0.552. The lowest BCUT2D eigenvalue weighted by Gasteiger charge is -2.36. The fourth-order valence-corrected chi connectivity index (χ4v) is 3.59. The van der Waals surface area contributed by atoms with Gasteiger partial charge in [-0.25, -0.2) is 0 Å². The van der Waals surface area contributed by atoms with Crippen molar-refractivity contribution in [2.45, 2.75) is 50.7 Å². The molecule has 0 radical (unpaired) electrons. The van der Waals surface area contributed by atoms with Gasteiger partial charge in [-0.05, 0) is 68.5 Å². The quantitative estimate of drug-likeness (QED) is 0.732. The summed E-state index contributed by atoms with van der Waals surface area (Å²) in [5.74, 6) is 0. The normalized spacial score (nSPS) is 24.1. The number of hydrogen-bond donors (Lipinski definition) is 0. The van der Waals surface area contributed by atoms with E-state index in [1.165, 1.54) is 44.5 Å². The summed E-state index contributed by atoms with van der Waals surface area (Å²) in [4.78, 5) is 2.56. The van der Waals surface area contributed by atoms with Crippen LogP contribution >= 0.6 is 0 Å². The Morgan fingerprint density at radius 3 is 2.45 bits per heavy atom. The van der Waals surface area contributed by atoms with Crippen molar-refractivity contribution in [3.8, 4) is 0 Å². The molecule has 1 unspecified atom stereocenters. The lowest BCUT2D eigenvalue weighted by Crippen LogP contribution is -2.39. The van der Waals surface area contributed by atoms with E-state index in [2.05, 4.69) is 11.0 Å². The van der Waals surface area contributed by atoms with Crippen LogP contribution in [0.4, 0.5) is 13.2 Å². The molecule has 1 aromatic carbocycles. The van der Waals surface area contributed by atoms with Crippen LogP contribution in [0.5, 0.6) is 0 Å². The summed E-state index contributed by atoms with van der Waals surface area (Å²) in [5.41, 5.74) is 1.25. The average Bonchev–Trinajstić information content (AvgIpc) is 2.55. The Balaban J connectivity index is 1.70. The van der Waals surface area contributed by atoms with Gasteiger partial charge in [-0.15, -0.1) is 0 Å². The van der Waals surface area contributed by atoms with Crippen molar-refractivity contribution in [3.63, 3.8) is 0 Å². The molecule has 1 aliphatic heterocycles. The van der Waals surface area contributed by atoms with Crippen molar-refractivity contribution in [1.29, 1.82) is 0 Å². The summed E-state index contributed by atoms with van der Waals surface area (Å²) in [6.07, 6.45) is 4.67. The van der Waals surface area contributed by atoms with Gasteiger partial charge in [0.05, 0.1) is 5.56 Å². The lowest BCUT2D eigenvalue weighted by molar-refractivity contribution is -0.137. The van der Waals surface area contributed by atoms with Crippen molar-refractivity contribution in [2.24, 2.45) is 0 Å². The van der Waals surface area contributed by atoms with Crippen LogP contribution in [-0.2, 0) is 6.18 Å². The average molecular weight is 309 g/mol. The molecular formula is C18H22F3N. The Labute approximate surface area is 129 Å². The molecule has 3 rings (SSSR count). The molecule has 1 aromatic rings. The molecule has 2 aliphatic rings. The molecule has 0 saturated carbocycles. The molecule has 1 saturated heterocycles. The minimum atomic E-state index is -4.26. The highest BCUT2D eigenvalue weighted by molar-refractivity contribution is 5.67. The van der Waals surface area contributed by atoms with Crippen molar-refractivity contribution in [3.05, 3.63) is 41.5 Å². The van der Waals surface area contributed by atoms with E-state index in [1.54, 1.807) is 6.07 Å². The second kappa shape index (κ2) is 6.45. The third kappa shape index (κ3) is 3.54. The third-order valence-electron chi connectivity index (χ3n) is 4.85. The maximum Gasteiger partial charge on any atom is 0.416 e. The van der Waals surface area contributed by atoms with Crippen molar-refractivity contribution in [2.75, 3.05) is 13.1 Å². The number of alkyl halides is 3. The second-order valence-corrected chi connectivity index (χ2v) is 6.33. The molecule has 4 heteroatoms. The fourth-order valence-electron chi connectivity index (χ4n) is 3.59. The molecular weight excluding hydrogens is 287 g/mol. The number of benzene rings is 1. The predicted molar refractivity (Wildman–Crippen MR) is 82.5 cm³/mol. The molecule has 1 fully saturated rings. The highest BCUT2D eigenvalue weighted by Crippen LogP contribution is 2.34. The Kier molecular flexibility index (Phi) is 4.57. The first kappa shape index (κ1) is 15.6. The van der Waals surface area contributed by atoms with E-state index in [9.17, 15) is 13.2 Å². The van der Waals surface area contributed by atoms with Crippen LogP contribution < -0.4 is 0 Å². The number of piperidine rings is 1. The summed E-state index contributed by atoms with van der Waals surface area (Å²) < 4.78 is 38.4. The molecule has 0 amide bonds. The maximum atomic E-state index is 12.8. The number of nitrogens with zero attached hydrogens (tertiary/aromatic N) is 1. The van der Waals surface area contributed by atoms with E-state index < -0.39 is 11.7 Å². The molecule has 1 nitrogen and oxygen atoms in total. The molecule has 0 spiro atoms. The third-order valence-corrected chi connectivity index (χ3v) is 4.85. The van der Waals surface area contributed by atoms with Gasteiger partial charge in [-0.1, -0.05) is 24.6 Å². The zero-order chi connectivity index (χ0) is 15.6. The van der Waals surface area contributed by atoms with Crippen molar-refractivity contribution in [1.82, 2.24) is 4.90 Å². The SMILES string of the molecule is FC(F)(F)c1cccc(C2=CCC(N3CCCCC3)CC2)c1. The van der Waals surface area contributed by atoms with Gasteiger partial charge in [0.1, 0.15) is 0 Å². The Bertz CT molecular complexity index is 542. The summed E-state index contributed by atoms with van der Waals surface area (Å²) in [5, 5.41) is 0. The molecule has 0 N–H and O–H groups in total. The first-order valence-corrected chi connectivity index (χ1v) is 8.15. The number of rotatable bonds is 2. The zero-order valence-electron chi connectivity index (χ0n) is 12.7. The standard InChI is InChI=1S/C18H22F3N/c19-18(20,21)16-6-4-5-15(13-16)14-7-9-17(10-8-14)22-11-2-1-3-12-22/h4-7,13,17H,1-3,8-12H2. The van der Waals surface area contributed by atoms with Gasteiger partial charge in [-0.2, -0.15) is 13.2 Å². The van der Waals surface area contributed by atoms with Gasteiger partial charge in [0.15, 0.2) is 0 Å². The van der Waals surface area contributed by atoms with Crippen molar-refractivity contribution < 1.29 is 13.2 Å².